The third-order valence-electron chi connectivity index (χ3n) is 2.85. The Morgan fingerprint density at radius 2 is 2.10 bits per heavy atom. The summed E-state index contributed by atoms with van der Waals surface area (Å²) in [7, 11) is 0. The van der Waals surface area contributed by atoms with Crippen LogP contribution < -0.4 is 5.32 Å². The molecule has 0 radical (unpaired) electrons. The molecule has 6 heteroatoms. The van der Waals surface area contributed by atoms with Crippen LogP contribution in [-0.2, 0) is 9.59 Å². The summed E-state index contributed by atoms with van der Waals surface area (Å²) >= 11 is 6.04. The summed E-state index contributed by atoms with van der Waals surface area (Å²) in [6.45, 7) is 4.91. The Labute approximate surface area is 123 Å². The number of amides is 1. The highest BCUT2D eigenvalue weighted by Crippen LogP contribution is 2.22. The van der Waals surface area contributed by atoms with Gasteiger partial charge in [0, 0.05) is 6.54 Å². The van der Waals surface area contributed by atoms with E-state index in [1.165, 1.54) is 0 Å². The minimum atomic E-state index is -0.870. The monoisotopic (exact) mass is 298 g/mol. The molecule has 0 heterocycles. The third-order valence-corrected chi connectivity index (χ3v) is 3.17. The van der Waals surface area contributed by atoms with Crippen molar-refractivity contribution >= 4 is 29.2 Å². The van der Waals surface area contributed by atoms with Gasteiger partial charge in [0.15, 0.2) is 0 Å². The molecule has 0 aliphatic heterocycles. The summed E-state index contributed by atoms with van der Waals surface area (Å²) in [5, 5.41) is 11.9. The molecule has 1 aromatic carbocycles. The number of likely N-dealkylation sites (N-methyl/N-ethyl adjacent to an activating group) is 1. The van der Waals surface area contributed by atoms with Gasteiger partial charge in [-0.25, -0.2) is 0 Å². The number of carbonyl (C=O) groups excluding carboxylic acids is 1. The van der Waals surface area contributed by atoms with Crippen molar-refractivity contribution in [2.24, 2.45) is 0 Å². The first-order valence-corrected chi connectivity index (χ1v) is 6.80. The zero-order chi connectivity index (χ0) is 15.1. The molecule has 0 aliphatic rings. The van der Waals surface area contributed by atoms with Crippen molar-refractivity contribution in [3.05, 3.63) is 28.8 Å². The average Bonchev–Trinajstić information content (AvgIpc) is 2.37. The van der Waals surface area contributed by atoms with E-state index >= 15 is 0 Å². The number of anilines is 1. The van der Waals surface area contributed by atoms with Crippen molar-refractivity contribution in [2.45, 2.75) is 20.3 Å². The molecule has 0 aliphatic carbocycles. The summed E-state index contributed by atoms with van der Waals surface area (Å²) < 4.78 is 0. The summed E-state index contributed by atoms with van der Waals surface area (Å²) in [6.07, 6.45) is 0.0202. The van der Waals surface area contributed by atoms with Crippen LogP contribution in [0, 0.1) is 6.92 Å². The largest absolute Gasteiger partial charge is 0.481 e. The summed E-state index contributed by atoms with van der Waals surface area (Å²) in [4.78, 5) is 24.2. The second-order valence-electron chi connectivity index (χ2n) is 4.54. The van der Waals surface area contributed by atoms with E-state index in [9.17, 15) is 9.59 Å². The molecule has 110 valence electrons. The predicted molar refractivity (Wildman–Crippen MR) is 79.2 cm³/mol. The van der Waals surface area contributed by atoms with Crippen molar-refractivity contribution in [1.82, 2.24) is 4.90 Å². The minimum Gasteiger partial charge on any atom is -0.481 e. The Kier molecular flexibility index (Phi) is 6.48. The topological polar surface area (TPSA) is 69.6 Å². The molecule has 1 rings (SSSR count). The van der Waals surface area contributed by atoms with Gasteiger partial charge in [-0.1, -0.05) is 24.6 Å². The number of carbonyl (C=O) groups is 2. The zero-order valence-corrected chi connectivity index (χ0v) is 12.4. The fraction of sp³-hybridized carbons (Fsp3) is 0.429. The molecule has 5 nitrogen and oxygen atoms in total. The number of hydrogen-bond donors (Lipinski definition) is 2. The SMILES string of the molecule is CCN(CCC(=O)O)CC(=O)Nc1ccc(C)cc1Cl. The maximum atomic E-state index is 11.9. The lowest BCUT2D eigenvalue weighted by molar-refractivity contribution is -0.137. The Bertz CT molecular complexity index is 491. The van der Waals surface area contributed by atoms with E-state index in [4.69, 9.17) is 16.7 Å². The average molecular weight is 299 g/mol. The smallest absolute Gasteiger partial charge is 0.304 e. The van der Waals surface area contributed by atoms with E-state index in [-0.39, 0.29) is 18.9 Å². The number of halogens is 1. The van der Waals surface area contributed by atoms with Crippen LogP contribution in [0.3, 0.4) is 0 Å². The maximum Gasteiger partial charge on any atom is 0.304 e. The normalized spacial score (nSPS) is 10.6. The highest BCUT2D eigenvalue weighted by Gasteiger charge is 2.12. The predicted octanol–water partition coefficient (Wildman–Crippen LogP) is 2.38. The third kappa shape index (κ3) is 5.59. The van der Waals surface area contributed by atoms with Crippen LogP contribution in [0.4, 0.5) is 5.69 Å². The first kappa shape index (κ1) is 16.5. The highest BCUT2D eigenvalue weighted by atomic mass is 35.5. The van der Waals surface area contributed by atoms with E-state index in [0.717, 1.165) is 5.56 Å². The van der Waals surface area contributed by atoms with Crippen LogP contribution in [-0.4, -0.2) is 41.5 Å². The lowest BCUT2D eigenvalue weighted by atomic mass is 10.2. The molecule has 0 atom stereocenters. The molecule has 0 bridgehead atoms. The molecule has 0 spiro atoms. The summed E-state index contributed by atoms with van der Waals surface area (Å²) in [5.74, 6) is -1.08. The molecule has 20 heavy (non-hydrogen) atoms. The number of nitrogens with one attached hydrogen (secondary N) is 1. The fourth-order valence-electron chi connectivity index (χ4n) is 1.72. The van der Waals surface area contributed by atoms with Crippen LogP contribution in [0.25, 0.3) is 0 Å². The van der Waals surface area contributed by atoms with Gasteiger partial charge >= 0.3 is 5.97 Å². The number of carboxylic acid groups (broad SMARTS) is 1. The van der Waals surface area contributed by atoms with E-state index in [2.05, 4.69) is 5.32 Å². The molecule has 0 saturated heterocycles. The number of hydrogen-bond acceptors (Lipinski definition) is 3. The molecule has 2 N–H and O–H groups in total. The van der Waals surface area contributed by atoms with Gasteiger partial charge in [0.25, 0.3) is 0 Å². The van der Waals surface area contributed by atoms with E-state index in [1.54, 1.807) is 17.0 Å². The van der Waals surface area contributed by atoms with Gasteiger partial charge in [-0.05, 0) is 31.2 Å². The number of benzene rings is 1. The van der Waals surface area contributed by atoms with Crippen LogP contribution in [0.2, 0.25) is 5.02 Å². The molecule has 0 fully saturated rings. The van der Waals surface area contributed by atoms with Crippen LogP contribution >= 0.6 is 11.6 Å². The van der Waals surface area contributed by atoms with Crippen LogP contribution in [0.5, 0.6) is 0 Å². The lowest BCUT2D eigenvalue weighted by Gasteiger charge is -2.19. The first-order chi connectivity index (χ1) is 9.42. The van der Waals surface area contributed by atoms with E-state index < -0.39 is 5.97 Å². The van der Waals surface area contributed by atoms with Gasteiger partial charge < -0.3 is 10.4 Å². The second kappa shape index (κ2) is 7.87. The number of rotatable bonds is 7. The Balaban J connectivity index is 2.55. The summed E-state index contributed by atoms with van der Waals surface area (Å²) in [5.41, 5.74) is 1.58. The highest BCUT2D eigenvalue weighted by molar-refractivity contribution is 6.33. The number of aryl methyl sites for hydroxylation is 1. The van der Waals surface area contributed by atoms with Gasteiger partial charge in [0.2, 0.25) is 5.91 Å². The van der Waals surface area contributed by atoms with Gasteiger partial charge in [-0.2, -0.15) is 0 Å². The van der Waals surface area contributed by atoms with Crippen LogP contribution in [0.15, 0.2) is 18.2 Å². The lowest BCUT2D eigenvalue weighted by Crippen LogP contribution is -2.34. The summed E-state index contributed by atoms with van der Waals surface area (Å²) in [6, 6.07) is 5.39. The zero-order valence-electron chi connectivity index (χ0n) is 11.6. The van der Waals surface area contributed by atoms with Crippen molar-refractivity contribution in [3.8, 4) is 0 Å². The number of nitrogens with zero attached hydrogens (tertiary/aromatic N) is 1. The van der Waals surface area contributed by atoms with Crippen LogP contribution in [0.1, 0.15) is 18.9 Å². The number of carboxylic acids is 1. The van der Waals surface area contributed by atoms with Crippen molar-refractivity contribution in [2.75, 3.05) is 25.0 Å². The quantitative estimate of drug-likeness (QED) is 0.811. The standard InChI is InChI=1S/C14H19ClN2O3/c1-3-17(7-6-14(19)20)9-13(18)16-12-5-4-10(2)8-11(12)15/h4-5,8H,3,6-7,9H2,1-2H3,(H,16,18)(H,19,20). The van der Waals surface area contributed by atoms with E-state index in [1.807, 2.05) is 19.9 Å². The molecule has 1 amide bonds. The number of aliphatic carboxylic acids is 1. The van der Waals surface area contributed by atoms with Gasteiger partial charge in [-0.3, -0.25) is 14.5 Å². The molecule has 0 unspecified atom stereocenters. The van der Waals surface area contributed by atoms with Gasteiger partial charge in [-0.15, -0.1) is 0 Å². The fourth-order valence-corrected chi connectivity index (χ4v) is 2.00. The van der Waals surface area contributed by atoms with E-state index in [0.29, 0.717) is 23.8 Å². The molecule has 1 aromatic rings. The van der Waals surface area contributed by atoms with Crippen molar-refractivity contribution < 1.29 is 14.7 Å². The molecule has 0 aromatic heterocycles. The molecular weight excluding hydrogens is 280 g/mol. The minimum absolute atomic E-state index is 0.0202. The Morgan fingerprint density at radius 3 is 2.65 bits per heavy atom. The first-order valence-electron chi connectivity index (χ1n) is 6.42. The maximum absolute atomic E-state index is 11.9. The van der Waals surface area contributed by atoms with Gasteiger partial charge in [0.1, 0.15) is 0 Å². The van der Waals surface area contributed by atoms with Crippen molar-refractivity contribution in [3.63, 3.8) is 0 Å². The molecule has 0 saturated carbocycles. The second-order valence-corrected chi connectivity index (χ2v) is 4.95. The Morgan fingerprint density at radius 1 is 1.40 bits per heavy atom. The van der Waals surface area contributed by atoms with Crippen molar-refractivity contribution in [1.29, 1.82) is 0 Å². The Hall–Kier alpha value is -1.59. The van der Waals surface area contributed by atoms with Gasteiger partial charge in [0.05, 0.1) is 23.7 Å². The molecular formula is C14H19ClN2O3.